The van der Waals surface area contributed by atoms with Crippen molar-refractivity contribution in [3.63, 3.8) is 0 Å². The van der Waals surface area contributed by atoms with E-state index in [1.807, 2.05) is 0 Å². The topological polar surface area (TPSA) is 152 Å². The first-order valence-corrected chi connectivity index (χ1v) is 12.3. The number of carboxylic acids is 1. The average molecular weight is 527 g/mol. The second kappa shape index (κ2) is 8.71. The van der Waals surface area contributed by atoms with E-state index >= 15 is 0 Å². The van der Waals surface area contributed by atoms with E-state index < -0.39 is 20.7 Å². The van der Waals surface area contributed by atoms with Crippen LogP contribution in [-0.2, 0) is 26.8 Å². The first-order chi connectivity index (χ1) is 15.6. The molecule has 170 valence electrons. The van der Waals surface area contributed by atoms with Crippen molar-refractivity contribution in [2.24, 2.45) is 5.10 Å². The minimum Gasteiger partial charge on any atom is -0.477 e. The number of aliphatic carboxylic acids is 1. The Kier molecular flexibility index (Phi) is 6.10. The maximum Gasteiger partial charge on any atom is 0.352 e. The molecule has 2 N–H and O–H groups in total. The number of anilines is 1. The first kappa shape index (κ1) is 23.1. The van der Waals surface area contributed by atoms with Gasteiger partial charge in [-0.15, -0.1) is 0 Å². The first-order valence-electron chi connectivity index (χ1n) is 9.07. The van der Waals surface area contributed by atoms with Crippen molar-refractivity contribution in [2.45, 2.75) is 17.1 Å². The van der Waals surface area contributed by atoms with Gasteiger partial charge in [0.2, 0.25) is 5.13 Å². The number of halogens is 2. The summed E-state index contributed by atoms with van der Waals surface area (Å²) in [4.78, 5) is 26.9. The molecule has 3 aromatic rings. The van der Waals surface area contributed by atoms with Crippen molar-refractivity contribution < 1.29 is 23.2 Å². The lowest BCUT2D eigenvalue weighted by Crippen LogP contribution is -2.18. The van der Waals surface area contributed by atoms with E-state index in [-0.39, 0.29) is 54.8 Å². The predicted octanol–water partition coefficient (Wildman–Crippen LogP) is 4.41. The number of carbonyl (C=O) groups is 1. The van der Waals surface area contributed by atoms with E-state index in [9.17, 15) is 28.4 Å². The van der Waals surface area contributed by atoms with Crippen LogP contribution in [0.15, 0.2) is 46.4 Å². The third-order valence-corrected chi connectivity index (χ3v) is 8.49. The van der Waals surface area contributed by atoms with Gasteiger partial charge in [0, 0.05) is 23.6 Å². The van der Waals surface area contributed by atoms with Gasteiger partial charge in [0.1, 0.15) is 5.71 Å². The number of thiazole rings is 1. The van der Waals surface area contributed by atoms with Crippen LogP contribution in [-0.4, -0.2) is 35.1 Å². The number of fused-ring (bicyclic) bond motifs is 3. The summed E-state index contributed by atoms with van der Waals surface area (Å²) in [6.07, 6.45) is -0.310. The van der Waals surface area contributed by atoms with E-state index in [0.717, 1.165) is 11.3 Å². The molecule has 0 fully saturated rings. The summed E-state index contributed by atoms with van der Waals surface area (Å²) in [7, 11) is -3.76. The highest BCUT2D eigenvalue weighted by molar-refractivity contribution is 7.91. The van der Waals surface area contributed by atoms with Crippen molar-refractivity contribution >= 4 is 66.9 Å². The Hall–Kier alpha value is -3.06. The summed E-state index contributed by atoms with van der Waals surface area (Å²) in [5.74, 6) is -1.73. The zero-order chi connectivity index (χ0) is 23.9. The number of nitro groups is 1. The normalized spacial score (nSPS) is 14.3. The number of hydrogen-bond acceptors (Lipinski definition) is 9. The quantitative estimate of drug-likeness (QED) is 0.272. The van der Waals surface area contributed by atoms with Crippen molar-refractivity contribution in [1.82, 2.24) is 4.98 Å². The summed E-state index contributed by atoms with van der Waals surface area (Å²) in [6, 6.07) is 8.71. The Morgan fingerprint density at radius 3 is 2.70 bits per heavy atom. The molecule has 14 heteroatoms. The van der Waals surface area contributed by atoms with Crippen LogP contribution in [0.1, 0.15) is 10.4 Å². The number of benzene rings is 2. The van der Waals surface area contributed by atoms with Crippen LogP contribution in [0.2, 0.25) is 10.0 Å². The Labute approximate surface area is 200 Å². The molecule has 2 aromatic carbocycles. The molecule has 0 saturated heterocycles. The molecule has 4 rings (SSSR count). The van der Waals surface area contributed by atoms with Gasteiger partial charge in [0.05, 0.1) is 36.2 Å². The number of nitro benzene ring substituents is 1. The Balaban J connectivity index is 1.67. The second-order valence-corrected chi connectivity index (χ2v) is 10.6. The number of hydrogen-bond donors (Lipinski definition) is 2. The average Bonchev–Trinajstić information content (AvgIpc) is 3.14. The molecular formula is C19H12Cl2N4O6S2. The van der Waals surface area contributed by atoms with Crippen molar-refractivity contribution in [2.75, 3.05) is 5.43 Å². The zero-order valence-corrected chi connectivity index (χ0v) is 19.4. The number of hydrazone groups is 1. The fourth-order valence-electron chi connectivity index (χ4n) is 3.27. The zero-order valence-electron chi connectivity index (χ0n) is 16.3. The summed E-state index contributed by atoms with van der Waals surface area (Å²) in [5, 5.41) is 24.7. The third kappa shape index (κ3) is 4.42. The molecule has 2 heterocycles. The molecule has 1 aromatic heterocycles. The molecule has 0 spiro atoms. The number of carboxylic acid groups (broad SMARTS) is 1. The number of aromatic nitrogens is 1. The molecule has 0 atom stereocenters. The molecule has 0 unspecified atom stereocenters. The minimum absolute atomic E-state index is 0.0852. The molecule has 1 aliphatic rings. The molecule has 10 nitrogen and oxygen atoms in total. The van der Waals surface area contributed by atoms with E-state index in [2.05, 4.69) is 15.5 Å². The van der Waals surface area contributed by atoms with Crippen LogP contribution in [0.3, 0.4) is 0 Å². The van der Waals surface area contributed by atoms with Gasteiger partial charge in [-0.05, 0) is 12.1 Å². The smallest absolute Gasteiger partial charge is 0.352 e. The Morgan fingerprint density at radius 2 is 2.00 bits per heavy atom. The summed E-state index contributed by atoms with van der Waals surface area (Å²) in [5.41, 5.74) is 2.75. The molecule has 1 aliphatic heterocycles. The number of nitrogens with one attached hydrogen (secondary N) is 1. The van der Waals surface area contributed by atoms with Crippen LogP contribution < -0.4 is 5.43 Å². The molecular weight excluding hydrogens is 515 g/mol. The number of sulfone groups is 1. The maximum absolute atomic E-state index is 12.7. The number of nitrogens with zero attached hydrogens (tertiary/aromatic N) is 3. The monoisotopic (exact) mass is 526 g/mol. The molecule has 0 aliphatic carbocycles. The fraction of sp³-hybridized carbons (Fsp3) is 0.105. The SMILES string of the molecule is O=C(O)/C(Cc1ccccc1[N+](=O)[O-])=N\Nc1nc2c(s1)CS(=O)(=O)c1c-2ccc(Cl)c1Cl. The van der Waals surface area contributed by atoms with Crippen molar-refractivity contribution in [1.29, 1.82) is 0 Å². The van der Waals surface area contributed by atoms with Crippen LogP contribution in [0.4, 0.5) is 10.8 Å². The lowest BCUT2D eigenvalue weighted by Gasteiger charge is -2.17. The van der Waals surface area contributed by atoms with Crippen LogP contribution in [0.25, 0.3) is 11.3 Å². The summed E-state index contributed by atoms with van der Waals surface area (Å²) < 4.78 is 25.4. The van der Waals surface area contributed by atoms with E-state index in [1.165, 1.54) is 30.3 Å². The van der Waals surface area contributed by atoms with Gasteiger partial charge in [-0.2, -0.15) is 5.10 Å². The maximum atomic E-state index is 12.7. The summed E-state index contributed by atoms with van der Waals surface area (Å²) in [6.45, 7) is 0. The highest BCUT2D eigenvalue weighted by Gasteiger charge is 2.34. The van der Waals surface area contributed by atoms with Crippen molar-refractivity contribution in [3.8, 4) is 11.3 Å². The van der Waals surface area contributed by atoms with Crippen LogP contribution in [0.5, 0.6) is 0 Å². The van der Waals surface area contributed by atoms with Gasteiger partial charge in [-0.25, -0.2) is 18.2 Å². The fourth-order valence-corrected chi connectivity index (χ4v) is 6.93. The van der Waals surface area contributed by atoms with E-state index in [1.54, 1.807) is 6.07 Å². The number of para-hydroxylation sites is 1. The third-order valence-electron chi connectivity index (χ3n) is 4.71. The molecule has 33 heavy (non-hydrogen) atoms. The Morgan fingerprint density at radius 1 is 1.27 bits per heavy atom. The van der Waals surface area contributed by atoms with Gasteiger partial charge < -0.3 is 5.11 Å². The van der Waals surface area contributed by atoms with Crippen LogP contribution in [0, 0.1) is 10.1 Å². The molecule has 0 amide bonds. The van der Waals surface area contributed by atoms with Crippen molar-refractivity contribution in [3.05, 3.63) is 67.0 Å². The van der Waals surface area contributed by atoms with Gasteiger partial charge in [-0.3, -0.25) is 15.5 Å². The van der Waals surface area contributed by atoms with Gasteiger partial charge in [0.25, 0.3) is 5.69 Å². The Bertz CT molecular complexity index is 1450. The predicted molar refractivity (Wildman–Crippen MR) is 124 cm³/mol. The summed E-state index contributed by atoms with van der Waals surface area (Å²) >= 11 is 13.1. The minimum atomic E-state index is -3.76. The van der Waals surface area contributed by atoms with Gasteiger partial charge in [0.15, 0.2) is 9.84 Å². The molecule has 0 bridgehead atoms. The van der Waals surface area contributed by atoms with Gasteiger partial charge in [-0.1, -0.05) is 52.7 Å². The second-order valence-electron chi connectivity index (χ2n) is 6.83. The highest BCUT2D eigenvalue weighted by atomic mass is 35.5. The standard InChI is InChI=1S/C19H12Cl2N4O6S2/c20-11-6-5-10-16-14(8-33(30,31)17(10)15(11)21)32-19(22-16)24-23-12(18(26)27)7-9-3-1-2-4-13(9)25(28)29/h1-6H,7-8H2,(H,22,24)(H,26,27)/b23-12-. The number of rotatable bonds is 6. The molecule has 0 radical (unpaired) electrons. The van der Waals surface area contributed by atoms with Crippen LogP contribution >= 0.6 is 34.5 Å². The lowest BCUT2D eigenvalue weighted by molar-refractivity contribution is -0.385. The largest absolute Gasteiger partial charge is 0.477 e. The van der Waals surface area contributed by atoms with Gasteiger partial charge >= 0.3 is 5.97 Å². The lowest BCUT2D eigenvalue weighted by atomic mass is 10.1. The molecule has 0 saturated carbocycles. The highest BCUT2D eigenvalue weighted by Crippen LogP contribution is 2.46. The van der Waals surface area contributed by atoms with E-state index in [0.29, 0.717) is 10.6 Å². The van der Waals surface area contributed by atoms with E-state index in [4.69, 9.17) is 23.2 Å².